The lowest BCUT2D eigenvalue weighted by Gasteiger charge is -2.37. The normalized spacial score (nSPS) is 40.6. The zero-order valence-corrected chi connectivity index (χ0v) is 7.68. The third kappa shape index (κ3) is 2.38. The fourth-order valence-electron chi connectivity index (χ4n) is 1.51. The average molecular weight is 191 g/mol. The van der Waals surface area contributed by atoms with E-state index in [1.807, 2.05) is 6.92 Å². The molecule has 0 saturated carbocycles. The molecule has 1 aliphatic rings. The first kappa shape index (κ1) is 10.9. The Kier molecular flexibility index (Phi) is 4.08. The number of ether oxygens (including phenoxy) is 1. The molecule has 1 aliphatic heterocycles. The molecule has 1 rings (SSSR count). The lowest BCUT2D eigenvalue weighted by atomic mass is 9.96. The largest absolute Gasteiger partial charge is 0.395 e. The summed E-state index contributed by atoms with van der Waals surface area (Å²) in [6.07, 6.45) is -2.27. The molecule has 0 aromatic carbocycles. The Bertz CT molecular complexity index is 153. The summed E-state index contributed by atoms with van der Waals surface area (Å²) in [5.74, 6) is 0. The van der Waals surface area contributed by atoms with E-state index in [0.29, 0.717) is 13.2 Å². The van der Waals surface area contributed by atoms with Crippen LogP contribution in [0.3, 0.4) is 0 Å². The van der Waals surface area contributed by atoms with Gasteiger partial charge in [0.25, 0.3) is 0 Å². The second-order valence-electron chi connectivity index (χ2n) is 3.17. The maximum absolute atomic E-state index is 9.54. The Labute approximate surface area is 77.3 Å². The first-order chi connectivity index (χ1) is 6.20. The van der Waals surface area contributed by atoms with Crippen LogP contribution in [-0.4, -0.2) is 59.4 Å². The molecular weight excluding hydrogens is 174 g/mol. The van der Waals surface area contributed by atoms with Gasteiger partial charge < -0.3 is 25.4 Å². The van der Waals surface area contributed by atoms with Crippen LogP contribution in [0.15, 0.2) is 0 Å². The van der Waals surface area contributed by atoms with Gasteiger partial charge in [0.15, 0.2) is 0 Å². The highest BCUT2D eigenvalue weighted by Gasteiger charge is 2.36. The predicted octanol–water partition coefficient (Wildman–Crippen LogP) is -1.92. The van der Waals surface area contributed by atoms with Crippen LogP contribution in [0, 0.1) is 0 Å². The summed E-state index contributed by atoms with van der Waals surface area (Å²) in [5.41, 5.74) is 0. The van der Waals surface area contributed by atoms with Crippen molar-refractivity contribution in [1.82, 2.24) is 5.32 Å². The number of aliphatic hydroxyl groups excluding tert-OH is 3. The van der Waals surface area contributed by atoms with E-state index in [1.165, 1.54) is 0 Å². The summed E-state index contributed by atoms with van der Waals surface area (Å²) >= 11 is 0. The van der Waals surface area contributed by atoms with E-state index < -0.39 is 18.2 Å². The smallest absolute Gasteiger partial charge is 0.109 e. The van der Waals surface area contributed by atoms with Gasteiger partial charge >= 0.3 is 0 Å². The maximum Gasteiger partial charge on any atom is 0.109 e. The third-order valence-corrected chi connectivity index (χ3v) is 2.30. The van der Waals surface area contributed by atoms with Crippen molar-refractivity contribution in [3.05, 3.63) is 0 Å². The van der Waals surface area contributed by atoms with E-state index in [4.69, 9.17) is 9.84 Å². The number of nitrogens with one attached hydrogen (secondary N) is 1. The van der Waals surface area contributed by atoms with Crippen molar-refractivity contribution in [3.63, 3.8) is 0 Å². The predicted molar refractivity (Wildman–Crippen MR) is 46.3 cm³/mol. The highest BCUT2D eigenvalue weighted by atomic mass is 16.5. The van der Waals surface area contributed by atoms with Gasteiger partial charge in [0.2, 0.25) is 0 Å². The molecule has 0 aromatic rings. The lowest BCUT2D eigenvalue weighted by Crippen LogP contribution is -2.61. The highest BCUT2D eigenvalue weighted by molar-refractivity contribution is 4.92. The minimum atomic E-state index is -0.963. The first-order valence-electron chi connectivity index (χ1n) is 4.52. The Hall–Kier alpha value is -0.200. The number of hydrogen-bond acceptors (Lipinski definition) is 5. The van der Waals surface area contributed by atoms with Gasteiger partial charge in [0.05, 0.1) is 24.9 Å². The molecular formula is C8H17NO4. The van der Waals surface area contributed by atoms with Crippen LogP contribution >= 0.6 is 0 Å². The molecule has 4 N–H and O–H groups in total. The van der Waals surface area contributed by atoms with Gasteiger partial charge in [-0.3, -0.25) is 0 Å². The van der Waals surface area contributed by atoms with Gasteiger partial charge in [-0.1, -0.05) is 0 Å². The summed E-state index contributed by atoms with van der Waals surface area (Å²) in [7, 11) is 0. The molecule has 0 bridgehead atoms. The fraction of sp³-hybridized carbons (Fsp3) is 1.00. The van der Waals surface area contributed by atoms with Crippen molar-refractivity contribution in [2.24, 2.45) is 0 Å². The minimum Gasteiger partial charge on any atom is -0.395 e. The summed E-state index contributed by atoms with van der Waals surface area (Å²) in [6, 6.07) is -0.452. The quantitative estimate of drug-likeness (QED) is 0.418. The summed E-state index contributed by atoms with van der Waals surface area (Å²) in [6.45, 7) is 2.60. The van der Waals surface area contributed by atoms with Crippen molar-refractivity contribution < 1.29 is 20.1 Å². The van der Waals surface area contributed by atoms with Gasteiger partial charge in [-0.2, -0.15) is 0 Å². The summed E-state index contributed by atoms with van der Waals surface area (Å²) in [5, 5.41) is 30.7. The Morgan fingerprint density at radius 2 is 2.08 bits per heavy atom. The molecule has 0 aromatic heterocycles. The molecule has 0 spiro atoms. The Morgan fingerprint density at radius 1 is 1.38 bits per heavy atom. The standard InChI is InChI=1S/C8H17NO4/c1-2-13-6-3-9-5(4-10)7(11)8(6)12/h5-12H,2-4H2,1H3/t5-,6-,7-,8-/m1/s1. The number of hydrogen-bond donors (Lipinski definition) is 4. The highest BCUT2D eigenvalue weighted by Crippen LogP contribution is 2.12. The van der Waals surface area contributed by atoms with Crippen LogP contribution in [0.2, 0.25) is 0 Å². The molecule has 1 fully saturated rings. The van der Waals surface area contributed by atoms with E-state index >= 15 is 0 Å². The van der Waals surface area contributed by atoms with Crippen molar-refractivity contribution in [2.45, 2.75) is 31.3 Å². The molecule has 78 valence electrons. The molecule has 1 heterocycles. The summed E-state index contributed by atoms with van der Waals surface area (Å²) < 4.78 is 5.20. The molecule has 13 heavy (non-hydrogen) atoms. The SMILES string of the molecule is CCO[C@@H]1CN[C@H](CO)[C@@H](O)[C@@H]1O. The molecule has 0 radical (unpaired) electrons. The Balaban J connectivity index is 2.48. The number of aliphatic hydroxyl groups is 3. The molecule has 4 atom stereocenters. The van der Waals surface area contributed by atoms with Crippen molar-refractivity contribution in [3.8, 4) is 0 Å². The molecule has 0 amide bonds. The molecule has 0 unspecified atom stereocenters. The molecule has 5 nitrogen and oxygen atoms in total. The van der Waals surface area contributed by atoms with E-state index in [9.17, 15) is 10.2 Å². The minimum absolute atomic E-state index is 0.183. The number of piperidine rings is 1. The van der Waals surface area contributed by atoms with Crippen LogP contribution in [0.1, 0.15) is 6.92 Å². The van der Waals surface area contributed by atoms with E-state index in [2.05, 4.69) is 5.32 Å². The van der Waals surface area contributed by atoms with Crippen molar-refractivity contribution in [1.29, 1.82) is 0 Å². The van der Waals surface area contributed by atoms with Crippen molar-refractivity contribution >= 4 is 0 Å². The Morgan fingerprint density at radius 3 is 2.62 bits per heavy atom. The maximum atomic E-state index is 9.54. The lowest BCUT2D eigenvalue weighted by molar-refractivity contribution is -0.122. The number of rotatable bonds is 3. The van der Waals surface area contributed by atoms with Crippen LogP contribution in [0.25, 0.3) is 0 Å². The molecule has 5 heteroatoms. The van der Waals surface area contributed by atoms with Gasteiger partial charge in [0, 0.05) is 13.2 Å². The van der Waals surface area contributed by atoms with Gasteiger partial charge in [-0.25, -0.2) is 0 Å². The second-order valence-corrected chi connectivity index (χ2v) is 3.17. The van der Waals surface area contributed by atoms with E-state index in [1.54, 1.807) is 0 Å². The van der Waals surface area contributed by atoms with Gasteiger partial charge in [-0.15, -0.1) is 0 Å². The van der Waals surface area contributed by atoms with Crippen LogP contribution in [0.5, 0.6) is 0 Å². The third-order valence-electron chi connectivity index (χ3n) is 2.30. The first-order valence-corrected chi connectivity index (χ1v) is 4.52. The van der Waals surface area contributed by atoms with Crippen LogP contribution < -0.4 is 5.32 Å². The molecule has 0 aliphatic carbocycles. The zero-order valence-electron chi connectivity index (χ0n) is 7.68. The zero-order chi connectivity index (χ0) is 9.84. The monoisotopic (exact) mass is 191 g/mol. The topological polar surface area (TPSA) is 82.0 Å². The average Bonchev–Trinajstić information content (AvgIpc) is 2.14. The van der Waals surface area contributed by atoms with Crippen LogP contribution in [-0.2, 0) is 4.74 Å². The molecule has 1 saturated heterocycles. The van der Waals surface area contributed by atoms with Crippen LogP contribution in [0.4, 0.5) is 0 Å². The van der Waals surface area contributed by atoms with Gasteiger partial charge in [-0.05, 0) is 6.92 Å². The van der Waals surface area contributed by atoms with Crippen molar-refractivity contribution in [2.75, 3.05) is 19.8 Å². The van der Waals surface area contributed by atoms with E-state index in [-0.39, 0.29) is 12.7 Å². The fourth-order valence-corrected chi connectivity index (χ4v) is 1.51. The van der Waals surface area contributed by atoms with Gasteiger partial charge in [0.1, 0.15) is 6.10 Å². The summed E-state index contributed by atoms with van der Waals surface area (Å²) in [4.78, 5) is 0. The second kappa shape index (κ2) is 4.88. The van der Waals surface area contributed by atoms with E-state index in [0.717, 1.165) is 0 Å².